The number of nitrogens with zero attached hydrogens (tertiary/aromatic N) is 1. The van der Waals surface area contributed by atoms with E-state index < -0.39 is 0 Å². The van der Waals surface area contributed by atoms with Gasteiger partial charge in [-0.25, -0.2) is 0 Å². The molecule has 0 atom stereocenters. The van der Waals surface area contributed by atoms with Gasteiger partial charge in [0, 0.05) is 20.0 Å². The predicted octanol–water partition coefficient (Wildman–Crippen LogP) is 5.59. The first-order valence-corrected chi connectivity index (χ1v) is 7.98. The number of hydrogen-bond donors (Lipinski definition) is 0. The Labute approximate surface area is 131 Å². The standard InChI is InChI=1S/C18H14IN/c19-13-10-11-18-16(12-13)15-8-4-5-9-17(15)20(18)14-6-2-1-3-7-14/h2,4-12H,1,3H2. The molecular weight excluding hydrogens is 357 g/mol. The van der Waals surface area contributed by atoms with Gasteiger partial charge in [0.25, 0.3) is 0 Å². The SMILES string of the molecule is Ic1ccc2c(c1)c1ccccc1n2C1=CCCC=C1. The van der Waals surface area contributed by atoms with Crippen molar-refractivity contribution in [3.63, 3.8) is 0 Å². The van der Waals surface area contributed by atoms with E-state index in [2.05, 4.69) is 87.9 Å². The van der Waals surface area contributed by atoms with Gasteiger partial charge in [-0.2, -0.15) is 0 Å². The van der Waals surface area contributed by atoms with Crippen LogP contribution < -0.4 is 0 Å². The van der Waals surface area contributed by atoms with Crippen LogP contribution in [0.15, 0.2) is 60.7 Å². The Kier molecular flexibility index (Phi) is 2.91. The number of hydrogen-bond acceptors (Lipinski definition) is 0. The minimum absolute atomic E-state index is 1.13. The van der Waals surface area contributed by atoms with Crippen molar-refractivity contribution in [1.82, 2.24) is 4.57 Å². The van der Waals surface area contributed by atoms with Crippen molar-refractivity contribution in [3.05, 3.63) is 64.3 Å². The van der Waals surface area contributed by atoms with Gasteiger partial charge in [0.2, 0.25) is 0 Å². The smallest absolute Gasteiger partial charge is 0.0541 e. The molecule has 0 saturated carbocycles. The van der Waals surface area contributed by atoms with Gasteiger partial charge in [-0.3, -0.25) is 0 Å². The van der Waals surface area contributed by atoms with Crippen LogP contribution >= 0.6 is 22.6 Å². The molecular formula is C18H14IN. The molecule has 1 aliphatic rings. The molecule has 0 bridgehead atoms. The number of rotatable bonds is 1. The van der Waals surface area contributed by atoms with Crippen LogP contribution in [-0.4, -0.2) is 4.57 Å². The lowest BCUT2D eigenvalue weighted by atomic mass is 10.1. The van der Waals surface area contributed by atoms with Crippen molar-refractivity contribution in [1.29, 1.82) is 0 Å². The van der Waals surface area contributed by atoms with Crippen LogP contribution in [0.5, 0.6) is 0 Å². The molecule has 0 amide bonds. The molecule has 4 rings (SSSR count). The average Bonchev–Trinajstić information content (AvgIpc) is 2.82. The first-order chi connectivity index (χ1) is 9.84. The molecule has 0 unspecified atom stereocenters. The van der Waals surface area contributed by atoms with Crippen LogP contribution in [0.25, 0.3) is 27.5 Å². The number of aromatic nitrogens is 1. The van der Waals surface area contributed by atoms with Crippen LogP contribution in [0.3, 0.4) is 0 Å². The molecule has 2 aromatic carbocycles. The summed E-state index contributed by atoms with van der Waals surface area (Å²) < 4.78 is 3.67. The molecule has 1 nitrogen and oxygen atoms in total. The third kappa shape index (κ3) is 1.82. The number of benzene rings is 2. The minimum atomic E-state index is 1.13. The topological polar surface area (TPSA) is 4.93 Å². The summed E-state index contributed by atoms with van der Waals surface area (Å²) in [5, 5.41) is 2.67. The van der Waals surface area contributed by atoms with Gasteiger partial charge in [0.1, 0.15) is 0 Å². The molecule has 1 heterocycles. The van der Waals surface area contributed by atoms with Crippen molar-refractivity contribution in [2.75, 3.05) is 0 Å². The Morgan fingerprint density at radius 2 is 1.75 bits per heavy atom. The Morgan fingerprint density at radius 3 is 2.60 bits per heavy atom. The molecule has 0 spiro atoms. The highest BCUT2D eigenvalue weighted by Crippen LogP contribution is 2.33. The molecule has 98 valence electrons. The second kappa shape index (κ2) is 4.77. The maximum absolute atomic E-state index is 2.39. The van der Waals surface area contributed by atoms with E-state index >= 15 is 0 Å². The zero-order valence-corrected chi connectivity index (χ0v) is 13.2. The maximum atomic E-state index is 2.39. The molecule has 1 aliphatic carbocycles. The van der Waals surface area contributed by atoms with Gasteiger partial charge in [0.15, 0.2) is 0 Å². The van der Waals surface area contributed by atoms with E-state index in [0.29, 0.717) is 0 Å². The Hall–Kier alpha value is -1.55. The van der Waals surface area contributed by atoms with Crippen molar-refractivity contribution in [2.24, 2.45) is 0 Å². The summed E-state index contributed by atoms with van der Waals surface area (Å²) in [4.78, 5) is 0. The van der Waals surface area contributed by atoms with Gasteiger partial charge < -0.3 is 4.57 Å². The monoisotopic (exact) mass is 371 g/mol. The normalized spacial score (nSPS) is 14.9. The van der Waals surface area contributed by atoms with Gasteiger partial charge >= 0.3 is 0 Å². The van der Waals surface area contributed by atoms with Crippen molar-refractivity contribution in [3.8, 4) is 0 Å². The van der Waals surface area contributed by atoms with Crippen LogP contribution in [0, 0.1) is 3.57 Å². The molecule has 0 fully saturated rings. The van der Waals surface area contributed by atoms with Gasteiger partial charge in [-0.15, -0.1) is 0 Å². The lowest BCUT2D eigenvalue weighted by Gasteiger charge is -2.11. The van der Waals surface area contributed by atoms with E-state index in [1.54, 1.807) is 0 Å². The number of para-hydroxylation sites is 1. The molecule has 0 aliphatic heterocycles. The molecule has 3 aromatic rings. The minimum Gasteiger partial charge on any atom is -0.310 e. The zero-order valence-electron chi connectivity index (χ0n) is 11.0. The highest BCUT2D eigenvalue weighted by molar-refractivity contribution is 14.1. The van der Waals surface area contributed by atoms with Gasteiger partial charge in [-0.05, 0) is 65.8 Å². The maximum Gasteiger partial charge on any atom is 0.0541 e. The van der Waals surface area contributed by atoms with Crippen LogP contribution in [0.2, 0.25) is 0 Å². The largest absolute Gasteiger partial charge is 0.310 e. The molecule has 0 radical (unpaired) electrons. The number of fused-ring (bicyclic) bond motifs is 3. The quantitative estimate of drug-likeness (QED) is 0.492. The average molecular weight is 371 g/mol. The summed E-state index contributed by atoms with van der Waals surface area (Å²) in [6.07, 6.45) is 9.13. The van der Waals surface area contributed by atoms with E-state index in [0.717, 1.165) is 12.8 Å². The second-order valence-electron chi connectivity index (χ2n) is 5.12. The molecule has 0 saturated heterocycles. The fourth-order valence-corrected chi connectivity index (χ4v) is 3.48. The summed E-state index contributed by atoms with van der Waals surface area (Å²) in [6.45, 7) is 0. The highest BCUT2D eigenvalue weighted by Gasteiger charge is 2.12. The van der Waals surface area contributed by atoms with Gasteiger partial charge in [0.05, 0.1) is 11.0 Å². The zero-order chi connectivity index (χ0) is 13.5. The van der Waals surface area contributed by atoms with E-state index in [9.17, 15) is 0 Å². The Bertz CT molecular complexity index is 868. The van der Waals surface area contributed by atoms with Crippen LogP contribution in [-0.2, 0) is 0 Å². The first kappa shape index (κ1) is 12.2. The van der Waals surface area contributed by atoms with Crippen LogP contribution in [0.4, 0.5) is 0 Å². The van der Waals surface area contributed by atoms with Crippen molar-refractivity contribution >= 4 is 50.1 Å². The molecule has 0 N–H and O–H groups in total. The van der Waals surface area contributed by atoms with Gasteiger partial charge in [-0.1, -0.05) is 30.4 Å². The molecule has 2 heteroatoms. The summed E-state index contributed by atoms with van der Waals surface area (Å²) in [6, 6.07) is 15.4. The predicted molar refractivity (Wildman–Crippen MR) is 94.8 cm³/mol. The summed E-state index contributed by atoms with van der Waals surface area (Å²) in [5.74, 6) is 0. The summed E-state index contributed by atoms with van der Waals surface area (Å²) >= 11 is 2.39. The van der Waals surface area contributed by atoms with Crippen LogP contribution in [0.1, 0.15) is 12.8 Å². The second-order valence-corrected chi connectivity index (χ2v) is 6.37. The van der Waals surface area contributed by atoms with E-state index in [1.807, 2.05) is 0 Å². The lowest BCUT2D eigenvalue weighted by Crippen LogP contribution is -1.96. The third-order valence-electron chi connectivity index (χ3n) is 3.87. The molecule has 1 aromatic heterocycles. The summed E-state index contributed by atoms with van der Waals surface area (Å²) in [5.41, 5.74) is 3.88. The first-order valence-electron chi connectivity index (χ1n) is 6.90. The lowest BCUT2D eigenvalue weighted by molar-refractivity contribution is 1.02. The van der Waals surface area contributed by atoms with Crippen molar-refractivity contribution in [2.45, 2.75) is 12.8 Å². The number of allylic oxidation sites excluding steroid dienone is 4. The fourth-order valence-electron chi connectivity index (χ4n) is 2.99. The van der Waals surface area contributed by atoms with Crippen molar-refractivity contribution < 1.29 is 0 Å². The Morgan fingerprint density at radius 1 is 0.900 bits per heavy atom. The van der Waals surface area contributed by atoms with E-state index in [-0.39, 0.29) is 0 Å². The van der Waals surface area contributed by atoms with E-state index in [1.165, 1.54) is 31.1 Å². The fraction of sp³-hybridized carbons (Fsp3) is 0.111. The third-order valence-corrected chi connectivity index (χ3v) is 4.54. The summed E-state index contributed by atoms with van der Waals surface area (Å²) in [7, 11) is 0. The highest BCUT2D eigenvalue weighted by atomic mass is 127. The molecule has 20 heavy (non-hydrogen) atoms. The van der Waals surface area contributed by atoms with E-state index in [4.69, 9.17) is 0 Å². The Balaban J connectivity index is 2.16. The number of halogens is 1.